The van der Waals surface area contributed by atoms with Gasteiger partial charge in [0.05, 0.1) is 23.4 Å². The van der Waals surface area contributed by atoms with E-state index in [4.69, 9.17) is 9.47 Å². The van der Waals surface area contributed by atoms with E-state index in [2.05, 4.69) is 27.3 Å². The Morgan fingerprint density at radius 3 is 2.83 bits per heavy atom. The van der Waals surface area contributed by atoms with E-state index in [-0.39, 0.29) is 5.91 Å². The highest BCUT2D eigenvalue weighted by molar-refractivity contribution is 7.22. The van der Waals surface area contributed by atoms with E-state index in [0.29, 0.717) is 16.4 Å². The van der Waals surface area contributed by atoms with Crippen molar-refractivity contribution in [1.82, 2.24) is 9.88 Å². The van der Waals surface area contributed by atoms with E-state index >= 15 is 0 Å². The van der Waals surface area contributed by atoms with Crippen molar-refractivity contribution in [3.63, 3.8) is 0 Å². The largest absolute Gasteiger partial charge is 0.427 e. The van der Waals surface area contributed by atoms with Crippen LogP contribution in [0.2, 0.25) is 0 Å². The number of hydrogen-bond acceptors (Lipinski definition) is 7. The Kier molecular flexibility index (Phi) is 5.84. The van der Waals surface area contributed by atoms with Gasteiger partial charge in [-0.2, -0.15) is 0 Å². The monoisotopic (exact) mass is 411 g/mol. The van der Waals surface area contributed by atoms with Gasteiger partial charge in [-0.25, -0.2) is 4.98 Å². The van der Waals surface area contributed by atoms with E-state index in [0.717, 1.165) is 43.1 Å². The Morgan fingerprint density at radius 1 is 1.21 bits per heavy atom. The molecule has 1 aromatic heterocycles. The van der Waals surface area contributed by atoms with E-state index < -0.39 is 5.97 Å². The van der Waals surface area contributed by atoms with Crippen LogP contribution in [-0.2, 0) is 16.1 Å². The van der Waals surface area contributed by atoms with Gasteiger partial charge >= 0.3 is 5.97 Å². The Hall–Kier alpha value is -2.81. The number of anilines is 1. The molecule has 0 saturated carbocycles. The number of amides is 1. The minimum atomic E-state index is -0.429. The number of esters is 1. The highest BCUT2D eigenvalue weighted by Crippen LogP contribution is 2.28. The molecule has 1 N–H and O–H groups in total. The summed E-state index contributed by atoms with van der Waals surface area (Å²) in [6.07, 6.45) is 0. The molecular formula is C21H21N3O4S. The van der Waals surface area contributed by atoms with Crippen LogP contribution < -0.4 is 10.1 Å². The average molecular weight is 411 g/mol. The number of carbonyl (C=O) groups excluding carboxylic acids is 2. The second-order valence-corrected chi connectivity index (χ2v) is 7.82. The van der Waals surface area contributed by atoms with Crippen LogP contribution in [0, 0.1) is 0 Å². The molecule has 4 rings (SSSR count). The number of aromatic nitrogens is 1. The van der Waals surface area contributed by atoms with Crippen molar-refractivity contribution < 1.29 is 19.1 Å². The van der Waals surface area contributed by atoms with Gasteiger partial charge in [-0.1, -0.05) is 23.5 Å². The van der Waals surface area contributed by atoms with Crippen molar-refractivity contribution >= 4 is 38.6 Å². The zero-order valence-electron chi connectivity index (χ0n) is 16.0. The summed E-state index contributed by atoms with van der Waals surface area (Å²) < 4.78 is 11.5. The Morgan fingerprint density at radius 2 is 2.03 bits per heavy atom. The second kappa shape index (κ2) is 8.69. The average Bonchev–Trinajstić information content (AvgIpc) is 3.10. The molecule has 150 valence electrons. The third kappa shape index (κ3) is 4.97. The fourth-order valence-electron chi connectivity index (χ4n) is 3.17. The van der Waals surface area contributed by atoms with Crippen molar-refractivity contribution in [1.29, 1.82) is 0 Å². The topological polar surface area (TPSA) is 80.8 Å². The van der Waals surface area contributed by atoms with E-state index in [1.807, 2.05) is 6.07 Å². The summed E-state index contributed by atoms with van der Waals surface area (Å²) >= 11 is 1.44. The fraction of sp³-hybridized carbons (Fsp3) is 0.286. The summed E-state index contributed by atoms with van der Waals surface area (Å²) in [7, 11) is 0. The predicted octanol–water partition coefficient (Wildman–Crippen LogP) is 3.31. The van der Waals surface area contributed by atoms with E-state index in [1.165, 1.54) is 29.9 Å². The van der Waals surface area contributed by atoms with Crippen molar-refractivity contribution in [2.45, 2.75) is 13.5 Å². The number of hydrogen-bond donors (Lipinski definition) is 1. The lowest BCUT2D eigenvalue weighted by molar-refractivity contribution is -0.131. The van der Waals surface area contributed by atoms with Crippen LogP contribution in [0.4, 0.5) is 5.13 Å². The smallest absolute Gasteiger partial charge is 0.308 e. The third-order valence-electron chi connectivity index (χ3n) is 4.54. The highest BCUT2D eigenvalue weighted by atomic mass is 32.1. The molecule has 3 aromatic rings. The maximum Gasteiger partial charge on any atom is 0.308 e. The zero-order chi connectivity index (χ0) is 20.2. The van der Waals surface area contributed by atoms with Crippen LogP contribution in [0.25, 0.3) is 10.2 Å². The first-order valence-electron chi connectivity index (χ1n) is 9.36. The number of nitrogens with one attached hydrogen (secondary N) is 1. The first-order chi connectivity index (χ1) is 14.1. The number of carbonyl (C=O) groups is 2. The molecule has 1 aliphatic rings. The molecule has 1 fully saturated rings. The lowest BCUT2D eigenvalue weighted by Crippen LogP contribution is -2.35. The minimum absolute atomic E-state index is 0.299. The summed E-state index contributed by atoms with van der Waals surface area (Å²) in [6.45, 7) is 5.63. The van der Waals surface area contributed by atoms with Gasteiger partial charge in [0.1, 0.15) is 5.75 Å². The molecule has 0 aliphatic carbocycles. The van der Waals surface area contributed by atoms with Crippen LogP contribution in [0.15, 0.2) is 42.5 Å². The van der Waals surface area contributed by atoms with Crippen molar-refractivity contribution in [3.05, 3.63) is 53.6 Å². The van der Waals surface area contributed by atoms with Crippen molar-refractivity contribution in [2.75, 3.05) is 31.6 Å². The maximum atomic E-state index is 12.6. The second-order valence-electron chi connectivity index (χ2n) is 6.79. The summed E-state index contributed by atoms with van der Waals surface area (Å²) in [5.41, 5.74) is 2.47. The van der Waals surface area contributed by atoms with Crippen LogP contribution in [0.3, 0.4) is 0 Å². The van der Waals surface area contributed by atoms with Gasteiger partial charge in [0.25, 0.3) is 5.91 Å². The molecule has 0 bridgehead atoms. The summed E-state index contributed by atoms with van der Waals surface area (Å²) in [6, 6.07) is 12.7. The maximum absolute atomic E-state index is 12.6. The molecule has 0 radical (unpaired) electrons. The molecule has 0 atom stereocenters. The van der Waals surface area contributed by atoms with Crippen LogP contribution >= 0.6 is 11.3 Å². The molecule has 1 aliphatic heterocycles. The molecule has 8 heteroatoms. The Bertz CT molecular complexity index is 1040. The van der Waals surface area contributed by atoms with Gasteiger partial charge in [0.2, 0.25) is 0 Å². The fourth-order valence-corrected chi connectivity index (χ4v) is 4.10. The zero-order valence-corrected chi connectivity index (χ0v) is 16.8. The molecule has 1 amide bonds. The number of morpholine rings is 1. The van der Waals surface area contributed by atoms with Gasteiger partial charge in [-0.3, -0.25) is 19.8 Å². The lowest BCUT2D eigenvalue weighted by atomic mass is 10.2. The van der Waals surface area contributed by atoms with Gasteiger partial charge in [0, 0.05) is 32.1 Å². The SMILES string of the molecule is CC(=O)Oc1cccc(C(=O)Nc2nc3ccc(CN4CCOCC4)cc3s2)c1. The quantitative estimate of drug-likeness (QED) is 0.513. The van der Waals surface area contributed by atoms with Crippen LogP contribution in [-0.4, -0.2) is 48.1 Å². The van der Waals surface area contributed by atoms with Gasteiger partial charge in [-0.15, -0.1) is 0 Å². The highest BCUT2D eigenvalue weighted by Gasteiger charge is 2.14. The Labute approximate surface area is 172 Å². The molecule has 0 spiro atoms. The molecule has 0 unspecified atom stereocenters. The lowest BCUT2D eigenvalue weighted by Gasteiger charge is -2.26. The van der Waals surface area contributed by atoms with Crippen LogP contribution in [0.1, 0.15) is 22.8 Å². The van der Waals surface area contributed by atoms with Crippen molar-refractivity contribution in [3.8, 4) is 5.75 Å². The summed E-state index contributed by atoms with van der Waals surface area (Å²) in [4.78, 5) is 30.5. The molecule has 1 saturated heterocycles. The van der Waals surface area contributed by atoms with Gasteiger partial charge in [0.15, 0.2) is 5.13 Å². The van der Waals surface area contributed by atoms with Crippen LogP contribution in [0.5, 0.6) is 5.75 Å². The summed E-state index contributed by atoms with van der Waals surface area (Å²) in [5, 5.41) is 3.36. The number of benzene rings is 2. The Balaban J connectivity index is 1.46. The molecular weight excluding hydrogens is 390 g/mol. The first-order valence-corrected chi connectivity index (χ1v) is 10.2. The van der Waals surface area contributed by atoms with Gasteiger partial charge in [-0.05, 0) is 35.9 Å². The molecule has 2 heterocycles. The third-order valence-corrected chi connectivity index (χ3v) is 5.47. The van der Waals surface area contributed by atoms with E-state index in [9.17, 15) is 9.59 Å². The number of nitrogens with zero attached hydrogens (tertiary/aromatic N) is 2. The van der Waals surface area contributed by atoms with Gasteiger partial charge < -0.3 is 9.47 Å². The molecule has 29 heavy (non-hydrogen) atoms. The predicted molar refractivity (Wildman–Crippen MR) is 111 cm³/mol. The molecule has 7 nitrogen and oxygen atoms in total. The van der Waals surface area contributed by atoms with Crippen molar-refractivity contribution in [2.24, 2.45) is 0 Å². The normalized spacial score (nSPS) is 14.7. The standard InChI is InChI=1S/C21H21N3O4S/c1-14(25)28-17-4-2-3-16(12-17)20(26)23-21-22-18-6-5-15(11-19(18)29-21)13-24-7-9-27-10-8-24/h2-6,11-12H,7-10,13H2,1H3,(H,22,23,26). The summed E-state index contributed by atoms with van der Waals surface area (Å²) in [5.74, 6) is -0.393. The number of ether oxygens (including phenoxy) is 2. The minimum Gasteiger partial charge on any atom is -0.427 e. The number of thiazole rings is 1. The number of fused-ring (bicyclic) bond motifs is 1. The number of rotatable bonds is 5. The first kappa shape index (κ1) is 19.5. The molecule has 2 aromatic carbocycles. The van der Waals surface area contributed by atoms with E-state index in [1.54, 1.807) is 18.2 Å².